The molecule has 0 aliphatic carbocycles. The lowest BCUT2D eigenvalue weighted by molar-refractivity contribution is 0.139. The molecule has 7 nitrogen and oxygen atoms in total. The fourth-order valence-electron chi connectivity index (χ4n) is 3.32. The van der Waals surface area contributed by atoms with Gasteiger partial charge in [-0.25, -0.2) is 0 Å². The number of guanidine groups is 1. The molecule has 1 fully saturated rings. The highest BCUT2D eigenvalue weighted by Crippen LogP contribution is 2.03. The van der Waals surface area contributed by atoms with Gasteiger partial charge in [0.25, 0.3) is 0 Å². The molecule has 1 aliphatic heterocycles. The van der Waals surface area contributed by atoms with Crippen molar-refractivity contribution in [1.29, 1.82) is 0 Å². The van der Waals surface area contributed by atoms with Crippen molar-refractivity contribution in [3.05, 3.63) is 17.5 Å². The number of aryl methyl sites for hydroxylation is 3. The van der Waals surface area contributed by atoms with Crippen molar-refractivity contribution >= 4 is 5.96 Å². The van der Waals surface area contributed by atoms with E-state index in [1.807, 2.05) is 6.92 Å². The summed E-state index contributed by atoms with van der Waals surface area (Å²) in [7, 11) is 0. The molecule has 2 rings (SSSR count). The molecule has 0 spiro atoms. The molecule has 0 unspecified atom stereocenters. The Morgan fingerprint density at radius 1 is 1.08 bits per heavy atom. The second-order valence-electron chi connectivity index (χ2n) is 6.97. The highest BCUT2D eigenvalue weighted by Gasteiger charge is 2.14. The number of nitrogens with zero attached hydrogens (tertiary/aromatic N) is 5. The van der Waals surface area contributed by atoms with Gasteiger partial charge in [-0.3, -0.25) is 14.6 Å². The van der Waals surface area contributed by atoms with Gasteiger partial charge in [-0.2, -0.15) is 5.10 Å². The van der Waals surface area contributed by atoms with Crippen LogP contribution in [0, 0.1) is 13.8 Å². The van der Waals surface area contributed by atoms with Crippen LogP contribution in [-0.2, 0) is 6.54 Å². The first kappa shape index (κ1) is 20.7. The number of rotatable bonds is 9. The standard InChI is InChI=1S/C19H37N7/c1-5-20-19(21-8-7-10-26-18(4)16-17(3)23-26)22-9-11-25-14-12-24(6-2)13-15-25/h16H,5-15H2,1-4H3,(H2,20,21,22). The van der Waals surface area contributed by atoms with Crippen molar-refractivity contribution in [2.24, 2.45) is 4.99 Å². The molecule has 1 aromatic heterocycles. The summed E-state index contributed by atoms with van der Waals surface area (Å²) in [6, 6.07) is 2.12. The van der Waals surface area contributed by atoms with E-state index in [2.05, 4.69) is 57.1 Å². The maximum atomic E-state index is 4.70. The molecule has 2 heterocycles. The van der Waals surface area contributed by atoms with E-state index >= 15 is 0 Å². The van der Waals surface area contributed by atoms with Crippen LogP contribution in [0.25, 0.3) is 0 Å². The maximum absolute atomic E-state index is 4.70. The van der Waals surface area contributed by atoms with E-state index in [4.69, 9.17) is 4.99 Å². The molecule has 148 valence electrons. The fraction of sp³-hybridized carbons (Fsp3) is 0.789. The molecule has 7 heteroatoms. The molecule has 1 saturated heterocycles. The van der Waals surface area contributed by atoms with Crippen LogP contribution in [0.2, 0.25) is 0 Å². The van der Waals surface area contributed by atoms with Gasteiger partial charge in [0.15, 0.2) is 5.96 Å². The topological polar surface area (TPSA) is 60.7 Å². The molecular weight excluding hydrogens is 326 g/mol. The van der Waals surface area contributed by atoms with E-state index < -0.39 is 0 Å². The predicted octanol–water partition coefficient (Wildman–Crippen LogP) is 1.08. The molecule has 0 radical (unpaired) electrons. The number of likely N-dealkylation sites (N-methyl/N-ethyl adjacent to an activating group) is 1. The van der Waals surface area contributed by atoms with E-state index in [-0.39, 0.29) is 0 Å². The quantitative estimate of drug-likeness (QED) is 0.391. The summed E-state index contributed by atoms with van der Waals surface area (Å²) in [5.74, 6) is 0.924. The van der Waals surface area contributed by atoms with Crippen LogP contribution in [0.15, 0.2) is 11.1 Å². The van der Waals surface area contributed by atoms with E-state index in [9.17, 15) is 0 Å². The second-order valence-corrected chi connectivity index (χ2v) is 6.97. The Morgan fingerprint density at radius 3 is 2.42 bits per heavy atom. The predicted molar refractivity (Wildman–Crippen MR) is 109 cm³/mol. The first-order valence-electron chi connectivity index (χ1n) is 10.1. The lowest BCUT2D eigenvalue weighted by Gasteiger charge is -2.34. The minimum Gasteiger partial charge on any atom is -0.357 e. The zero-order valence-corrected chi connectivity index (χ0v) is 17.1. The molecule has 1 aliphatic rings. The van der Waals surface area contributed by atoms with Crippen LogP contribution in [0.4, 0.5) is 0 Å². The van der Waals surface area contributed by atoms with Gasteiger partial charge in [0.05, 0.1) is 5.69 Å². The van der Waals surface area contributed by atoms with Gasteiger partial charge in [0.1, 0.15) is 0 Å². The lowest BCUT2D eigenvalue weighted by Crippen LogP contribution is -2.49. The SMILES string of the molecule is CCNC(=NCCCn1nc(C)cc1C)NCCN1CCN(CC)CC1. The van der Waals surface area contributed by atoms with E-state index in [0.29, 0.717) is 0 Å². The Morgan fingerprint density at radius 2 is 1.81 bits per heavy atom. The summed E-state index contributed by atoms with van der Waals surface area (Å²) in [6.45, 7) is 19.0. The van der Waals surface area contributed by atoms with Crippen molar-refractivity contribution in [2.45, 2.75) is 40.7 Å². The normalized spacial score (nSPS) is 16.8. The van der Waals surface area contributed by atoms with E-state index in [1.54, 1.807) is 0 Å². The molecule has 0 saturated carbocycles. The van der Waals surface area contributed by atoms with Gasteiger partial charge in [-0.1, -0.05) is 6.92 Å². The number of hydrogen-bond donors (Lipinski definition) is 2. The van der Waals surface area contributed by atoms with Crippen LogP contribution >= 0.6 is 0 Å². The Kier molecular flexibility index (Phi) is 8.91. The Balaban J connectivity index is 1.66. The fourth-order valence-corrected chi connectivity index (χ4v) is 3.32. The third-order valence-electron chi connectivity index (χ3n) is 4.88. The number of hydrogen-bond acceptors (Lipinski definition) is 4. The number of piperazine rings is 1. The zero-order chi connectivity index (χ0) is 18.8. The highest BCUT2D eigenvalue weighted by atomic mass is 15.3. The van der Waals surface area contributed by atoms with Gasteiger partial charge >= 0.3 is 0 Å². The Bertz CT molecular complexity index is 544. The molecule has 1 aromatic rings. The molecule has 2 N–H and O–H groups in total. The molecule has 0 amide bonds. The smallest absolute Gasteiger partial charge is 0.191 e. The third kappa shape index (κ3) is 6.96. The summed E-state index contributed by atoms with van der Waals surface area (Å²) in [5.41, 5.74) is 2.31. The van der Waals surface area contributed by atoms with Gasteiger partial charge < -0.3 is 15.5 Å². The number of aromatic nitrogens is 2. The average molecular weight is 364 g/mol. The zero-order valence-electron chi connectivity index (χ0n) is 17.1. The molecule has 0 atom stereocenters. The number of aliphatic imine (C=N–C) groups is 1. The maximum Gasteiger partial charge on any atom is 0.191 e. The summed E-state index contributed by atoms with van der Waals surface area (Å²) < 4.78 is 2.07. The van der Waals surface area contributed by atoms with Crippen molar-refractivity contribution in [3.8, 4) is 0 Å². The third-order valence-corrected chi connectivity index (χ3v) is 4.88. The van der Waals surface area contributed by atoms with Crippen molar-refractivity contribution < 1.29 is 0 Å². The first-order chi connectivity index (χ1) is 12.6. The van der Waals surface area contributed by atoms with Gasteiger partial charge in [0, 0.05) is 64.6 Å². The molecule has 0 aromatic carbocycles. The van der Waals surface area contributed by atoms with Gasteiger partial charge in [-0.05, 0) is 39.8 Å². The summed E-state index contributed by atoms with van der Waals surface area (Å²) >= 11 is 0. The van der Waals surface area contributed by atoms with Crippen LogP contribution in [-0.4, -0.2) is 84.4 Å². The Hall–Kier alpha value is -1.60. The van der Waals surface area contributed by atoms with E-state index in [0.717, 1.165) is 50.8 Å². The molecule has 26 heavy (non-hydrogen) atoms. The molecular formula is C19H37N7. The minimum atomic E-state index is 0.808. The summed E-state index contributed by atoms with van der Waals surface area (Å²) in [5, 5.41) is 11.3. The molecule has 0 bridgehead atoms. The lowest BCUT2D eigenvalue weighted by atomic mass is 10.3. The minimum absolute atomic E-state index is 0.808. The Labute approximate surface area is 158 Å². The monoisotopic (exact) mass is 363 g/mol. The summed E-state index contributed by atoms with van der Waals surface area (Å²) in [6.07, 6.45) is 0.998. The van der Waals surface area contributed by atoms with Crippen LogP contribution in [0.5, 0.6) is 0 Å². The van der Waals surface area contributed by atoms with Crippen molar-refractivity contribution in [3.63, 3.8) is 0 Å². The summed E-state index contributed by atoms with van der Waals surface area (Å²) in [4.78, 5) is 9.74. The van der Waals surface area contributed by atoms with Gasteiger partial charge in [-0.15, -0.1) is 0 Å². The van der Waals surface area contributed by atoms with Crippen molar-refractivity contribution in [2.75, 3.05) is 58.9 Å². The highest BCUT2D eigenvalue weighted by molar-refractivity contribution is 5.79. The first-order valence-corrected chi connectivity index (χ1v) is 10.1. The van der Waals surface area contributed by atoms with Gasteiger partial charge in [0.2, 0.25) is 0 Å². The van der Waals surface area contributed by atoms with Crippen LogP contribution in [0.1, 0.15) is 31.7 Å². The number of nitrogens with one attached hydrogen (secondary N) is 2. The second kappa shape index (κ2) is 11.2. The van der Waals surface area contributed by atoms with Crippen LogP contribution in [0.3, 0.4) is 0 Å². The van der Waals surface area contributed by atoms with Crippen LogP contribution < -0.4 is 10.6 Å². The average Bonchev–Trinajstić information content (AvgIpc) is 2.96. The van der Waals surface area contributed by atoms with E-state index in [1.165, 1.54) is 38.4 Å². The largest absolute Gasteiger partial charge is 0.357 e. The van der Waals surface area contributed by atoms with Crippen molar-refractivity contribution in [1.82, 2.24) is 30.2 Å².